The maximum absolute atomic E-state index is 13.2. The number of piperazine rings is 1. The Morgan fingerprint density at radius 2 is 1.67 bits per heavy atom. The minimum atomic E-state index is -3.60. The Kier molecular flexibility index (Phi) is 6.53. The van der Waals surface area contributed by atoms with Gasteiger partial charge >= 0.3 is 0 Å². The molecular weight excluding hydrogens is 442 g/mol. The number of aryl methyl sites for hydroxylation is 3. The minimum Gasteiger partial charge on any atom is -0.488 e. The normalized spacial score (nSPS) is 14.9. The van der Waals surface area contributed by atoms with Crippen LogP contribution in [0, 0.1) is 20.8 Å². The van der Waals surface area contributed by atoms with Gasteiger partial charge in [-0.3, -0.25) is 4.79 Å². The fourth-order valence-electron chi connectivity index (χ4n) is 3.74. The van der Waals surface area contributed by atoms with Gasteiger partial charge in [-0.25, -0.2) is 8.42 Å². The van der Waals surface area contributed by atoms with Crippen molar-refractivity contribution >= 4 is 15.9 Å². The van der Waals surface area contributed by atoms with Crippen LogP contribution in [-0.2, 0) is 16.6 Å². The molecule has 33 heavy (non-hydrogen) atoms. The zero-order valence-electron chi connectivity index (χ0n) is 18.9. The molecule has 0 atom stereocenters. The van der Waals surface area contributed by atoms with Crippen molar-refractivity contribution in [2.24, 2.45) is 0 Å². The van der Waals surface area contributed by atoms with E-state index in [0.29, 0.717) is 11.3 Å². The van der Waals surface area contributed by atoms with Crippen LogP contribution < -0.4 is 4.74 Å². The highest BCUT2D eigenvalue weighted by molar-refractivity contribution is 7.89. The summed E-state index contributed by atoms with van der Waals surface area (Å²) in [6, 6.07) is 14.4. The van der Waals surface area contributed by atoms with Crippen molar-refractivity contribution in [3.63, 3.8) is 0 Å². The molecule has 1 fully saturated rings. The summed E-state index contributed by atoms with van der Waals surface area (Å²) in [5.74, 6) is 0.960. The molecule has 3 aromatic rings. The van der Waals surface area contributed by atoms with E-state index in [0.717, 1.165) is 16.9 Å². The van der Waals surface area contributed by atoms with Crippen LogP contribution in [0.4, 0.5) is 0 Å². The number of hydrogen-bond acceptors (Lipinski definition) is 6. The fraction of sp³-hybridized carbons (Fsp3) is 0.333. The zero-order valence-corrected chi connectivity index (χ0v) is 19.8. The quantitative estimate of drug-likeness (QED) is 0.550. The van der Waals surface area contributed by atoms with Crippen LogP contribution >= 0.6 is 0 Å². The van der Waals surface area contributed by atoms with E-state index >= 15 is 0 Å². The molecule has 1 aromatic heterocycles. The van der Waals surface area contributed by atoms with Gasteiger partial charge in [-0.1, -0.05) is 41.1 Å². The Morgan fingerprint density at radius 3 is 2.33 bits per heavy atom. The maximum Gasteiger partial charge on any atom is 0.276 e. The second-order valence-corrected chi connectivity index (χ2v) is 10.1. The van der Waals surface area contributed by atoms with Crippen molar-refractivity contribution in [1.82, 2.24) is 14.4 Å². The van der Waals surface area contributed by atoms with Gasteiger partial charge in [-0.15, -0.1) is 0 Å². The molecule has 0 N–H and O–H groups in total. The van der Waals surface area contributed by atoms with E-state index in [1.54, 1.807) is 36.1 Å². The molecule has 0 radical (unpaired) electrons. The summed E-state index contributed by atoms with van der Waals surface area (Å²) in [6.45, 7) is 6.73. The molecule has 0 unspecified atom stereocenters. The largest absolute Gasteiger partial charge is 0.488 e. The second kappa shape index (κ2) is 9.36. The van der Waals surface area contributed by atoms with E-state index in [-0.39, 0.29) is 49.3 Å². The molecule has 1 amide bonds. The summed E-state index contributed by atoms with van der Waals surface area (Å²) in [5.41, 5.74) is 2.79. The number of carbonyl (C=O) groups is 1. The predicted octanol–water partition coefficient (Wildman–Crippen LogP) is 3.33. The van der Waals surface area contributed by atoms with Crippen LogP contribution in [0.3, 0.4) is 0 Å². The number of nitrogens with zero attached hydrogens (tertiary/aromatic N) is 3. The molecule has 174 valence electrons. The summed E-state index contributed by atoms with van der Waals surface area (Å²) >= 11 is 0. The monoisotopic (exact) mass is 469 g/mol. The molecule has 1 aliphatic rings. The highest BCUT2D eigenvalue weighted by Crippen LogP contribution is 2.23. The third-order valence-corrected chi connectivity index (χ3v) is 7.75. The number of sulfonamides is 1. The van der Waals surface area contributed by atoms with E-state index < -0.39 is 10.0 Å². The first-order chi connectivity index (χ1) is 15.8. The SMILES string of the molecule is Cc1ccc(S(=O)(=O)N2CCN(C(=O)c3noc(C)c3COc3ccccc3C)CC2)cc1. The molecule has 1 aliphatic heterocycles. The van der Waals surface area contributed by atoms with Crippen LogP contribution in [0.25, 0.3) is 0 Å². The Morgan fingerprint density at radius 1 is 1.00 bits per heavy atom. The molecule has 2 aromatic carbocycles. The van der Waals surface area contributed by atoms with Crippen LogP contribution in [0.5, 0.6) is 5.75 Å². The number of benzene rings is 2. The zero-order chi connectivity index (χ0) is 23.6. The molecule has 4 rings (SSSR count). The van der Waals surface area contributed by atoms with Crippen LogP contribution in [0.2, 0.25) is 0 Å². The number of hydrogen-bond donors (Lipinski definition) is 0. The predicted molar refractivity (Wildman–Crippen MR) is 123 cm³/mol. The van der Waals surface area contributed by atoms with Crippen molar-refractivity contribution in [2.45, 2.75) is 32.3 Å². The number of ether oxygens (including phenoxy) is 1. The molecule has 0 aliphatic carbocycles. The lowest BCUT2D eigenvalue weighted by Gasteiger charge is -2.33. The summed E-state index contributed by atoms with van der Waals surface area (Å²) in [5, 5.41) is 3.97. The van der Waals surface area contributed by atoms with Gasteiger partial charge in [-0.2, -0.15) is 4.31 Å². The molecule has 0 spiro atoms. The lowest BCUT2D eigenvalue weighted by atomic mass is 10.1. The first kappa shape index (κ1) is 23.0. The lowest BCUT2D eigenvalue weighted by molar-refractivity contribution is 0.0685. The summed E-state index contributed by atoms with van der Waals surface area (Å²) in [6.07, 6.45) is 0. The van der Waals surface area contributed by atoms with Gasteiger partial charge in [0.25, 0.3) is 5.91 Å². The Balaban J connectivity index is 1.43. The van der Waals surface area contributed by atoms with Crippen LogP contribution in [0.1, 0.15) is 32.9 Å². The smallest absolute Gasteiger partial charge is 0.276 e. The molecule has 1 saturated heterocycles. The third-order valence-electron chi connectivity index (χ3n) is 5.84. The molecule has 8 nitrogen and oxygen atoms in total. The number of amides is 1. The molecule has 9 heteroatoms. The van der Waals surface area contributed by atoms with E-state index in [1.807, 2.05) is 38.1 Å². The van der Waals surface area contributed by atoms with Crippen LogP contribution in [0.15, 0.2) is 57.9 Å². The fourth-order valence-corrected chi connectivity index (χ4v) is 5.16. The van der Waals surface area contributed by atoms with Gasteiger partial charge in [0.05, 0.1) is 10.5 Å². The number of carbonyl (C=O) groups excluding carboxylic acids is 1. The summed E-state index contributed by atoms with van der Waals surface area (Å²) in [4.78, 5) is 15.0. The number of aromatic nitrogens is 1. The highest BCUT2D eigenvalue weighted by atomic mass is 32.2. The molecule has 0 saturated carbocycles. The van der Waals surface area contributed by atoms with Crippen molar-refractivity contribution in [1.29, 1.82) is 0 Å². The highest BCUT2D eigenvalue weighted by Gasteiger charge is 2.32. The molecule has 2 heterocycles. The summed E-state index contributed by atoms with van der Waals surface area (Å²) < 4.78 is 38.5. The van der Waals surface area contributed by atoms with E-state index in [2.05, 4.69) is 5.16 Å². The first-order valence-corrected chi connectivity index (χ1v) is 12.2. The van der Waals surface area contributed by atoms with Crippen molar-refractivity contribution < 1.29 is 22.5 Å². The van der Waals surface area contributed by atoms with Gasteiger partial charge in [0.1, 0.15) is 18.1 Å². The van der Waals surface area contributed by atoms with Crippen molar-refractivity contribution in [2.75, 3.05) is 26.2 Å². The van der Waals surface area contributed by atoms with Crippen LogP contribution in [-0.4, -0.2) is 54.9 Å². The second-order valence-electron chi connectivity index (χ2n) is 8.13. The Labute approximate surface area is 193 Å². The maximum atomic E-state index is 13.2. The summed E-state index contributed by atoms with van der Waals surface area (Å²) in [7, 11) is -3.60. The van der Waals surface area contributed by atoms with Gasteiger partial charge in [-0.05, 0) is 44.5 Å². The van der Waals surface area contributed by atoms with Gasteiger partial charge < -0.3 is 14.2 Å². The lowest BCUT2D eigenvalue weighted by Crippen LogP contribution is -2.50. The van der Waals surface area contributed by atoms with Crippen molar-refractivity contribution in [3.05, 3.63) is 76.7 Å². The number of rotatable bonds is 6. The van der Waals surface area contributed by atoms with E-state index in [4.69, 9.17) is 9.26 Å². The van der Waals surface area contributed by atoms with Gasteiger partial charge in [0.15, 0.2) is 5.69 Å². The topological polar surface area (TPSA) is 93.0 Å². The minimum absolute atomic E-state index is 0.156. The van der Waals surface area contributed by atoms with Gasteiger partial charge in [0.2, 0.25) is 10.0 Å². The Hall–Kier alpha value is -3.17. The average molecular weight is 470 g/mol. The van der Waals surface area contributed by atoms with Crippen molar-refractivity contribution in [3.8, 4) is 5.75 Å². The Bertz CT molecular complexity index is 1240. The first-order valence-electron chi connectivity index (χ1n) is 10.8. The third kappa shape index (κ3) is 4.79. The van der Waals surface area contributed by atoms with Gasteiger partial charge in [0, 0.05) is 26.2 Å². The van der Waals surface area contributed by atoms with E-state index in [9.17, 15) is 13.2 Å². The molecular formula is C24H27N3O5S. The number of para-hydroxylation sites is 1. The van der Waals surface area contributed by atoms with E-state index in [1.165, 1.54) is 4.31 Å². The average Bonchev–Trinajstić information content (AvgIpc) is 3.18. The molecule has 0 bridgehead atoms. The standard InChI is InChI=1S/C24H27N3O5S/c1-17-8-10-20(11-9-17)33(29,30)27-14-12-26(13-15-27)24(28)23-21(19(3)32-25-23)16-31-22-7-5-4-6-18(22)2/h4-11H,12-16H2,1-3H3.